The molecule has 96 valence electrons. The number of hydrogen-bond donors (Lipinski definition) is 0. The molecule has 2 aromatic rings. The Balaban J connectivity index is 1.99. The van der Waals surface area contributed by atoms with E-state index in [2.05, 4.69) is 5.10 Å². The van der Waals surface area contributed by atoms with Crippen LogP contribution >= 0.6 is 0 Å². The van der Waals surface area contributed by atoms with Crippen molar-refractivity contribution in [3.05, 3.63) is 48.0 Å². The van der Waals surface area contributed by atoms with Crippen LogP contribution in [0.4, 0.5) is 4.39 Å². The van der Waals surface area contributed by atoms with Crippen LogP contribution in [0.15, 0.2) is 36.7 Å². The van der Waals surface area contributed by atoms with Crippen LogP contribution in [0, 0.1) is 5.82 Å². The Hall–Kier alpha value is -1.88. The SMILES string of the molecule is COC(COc1cnn(C)c1)c1ccc(F)cc1. The quantitative estimate of drug-likeness (QED) is 0.817. The lowest BCUT2D eigenvalue weighted by atomic mass is 10.1. The molecule has 1 unspecified atom stereocenters. The van der Waals surface area contributed by atoms with E-state index in [1.165, 1.54) is 12.1 Å². The van der Waals surface area contributed by atoms with Crippen LogP contribution in [-0.2, 0) is 11.8 Å². The molecule has 1 aromatic carbocycles. The third-order valence-corrected chi connectivity index (χ3v) is 2.61. The third-order valence-electron chi connectivity index (χ3n) is 2.61. The predicted octanol–water partition coefficient (Wildman–Crippen LogP) is 2.33. The molecule has 2 rings (SSSR count). The molecule has 5 heteroatoms. The van der Waals surface area contributed by atoms with Gasteiger partial charge in [0.15, 0.2) is 5.75 Å². The van der Waals surface area contributed by atoms with Gasteiger partial charge in [-0.2, -0.15) is 5.10 Å². The zero-order chi connectivity index (χ0) is 13.0. The average Bonchev–Trinajstić information content (AvgIpc) is 2.78. The van der Waals surface area contributed by atoms with Gasteiger partial charge in [-0.25, -0.2) is 4.39 Å². The normalized spacial score (nSPS) is 12.4. The first kappa shape index (κ1) is 12.6. The summed E-state index contributed by atoms with van der Waals surface area (Å²) in [6, 6.07) is 6.20. The van der Waals surface area contributed by atoms with Crippen LogP contribution in [0.2, 0.25) is 0 Å². The lowest BCUT2D eigenvalue weighted by molar-refractivity contribution is 0.0575. The smallest absolute Gasteiger partial charge is 0.157 e. The maximum absolute atomic E-state index is 12.8. The summed E-state index contributed by atoms with van der Waals surface area (Å²) in [4.78, 5) is 0. The number of methoxy groups -OCH3 is 1. The molecule has 0 bridgehead atoms. The molecule has 1 heterocycles. The van der Waals surface area contributed by atoms with Crippen molar-refractivity contribution in [1.29, 1.82) is 0 Å². The van der Waals surface area contributed by atoms with Crippen LogP contribution in [-0.4, -0.2) is 23.5 Å². The number of rotatable bonds is 5. The molecule has 0 aliphatic rings. The highest BCUT2D eigenvalue weighted by Gasteiger charge is 2.12. The van der Waals surface area contributed by atoms with Gasteiger partial charge in [0.05, 0.1) is 12.4 Å². The van der Waals surface area contributed by atoms with Gasteiger partial charge in [-0.3, -0.25) is 4.68 Å². The minimum absolute atomic E-state index is 0.231. The molecular formula is C13H15FN2O2. The van der Waals surface area contributed by atoms with E-state index in [1.54, 1.807) is 36.3 Å². The summed E-state index contributed by atoms with van der Waals surface area (Å²) >= 11 is 0. The standard InChI is InChI=1S/C13H15FN2O2/c1-16-8-12(7-15-16)18-9-13(17-2)10-3-5-11(14)6-4-10/h3-8,13H,9H2,1-2H3. The maximum Gasteiger partial charge on any atom is 0.157 e. The molecule has 0 spiro atoms. The van der Waals surface area contributed by atoms with E-state index in [-0.39, 0.29) is 11.9 Å². The van der Waals surface area contributed by atoms with E-state index in [4.69, 9.17) is 9.47 Å². The average molecular weight is 250 g/mol. The van der Waals surface area contributed by atoms with E-state index >= 15 is 0 Å². The fourth-order valence-electron chi connectivity index (χ4n) is 1.62. The first-order valence-corrected chi connectivity index (χ1v) is 5.58. The molecule has 0 N–H and O–H groups in total. The molecule has 0 amide bonds. The van der Waals surface area contributed by atoms with Crippen LogP contribution in [0.1, 0.15) is 11.7 Å². The Bertz CT molecular complexity index is 496. The summed E-state index contributed by atoms with van der Waals surface area (Å²) in [7, 11) is 3.42. The summed E-state index contributed by atoms with van der Waals surface area (Å²) in [6.45, 7) is 0.355. The summed E-state index contributed by atoms with van der Waals surface area (Å²) in [5.74, 6) is 0.420. The van der Waals surface area contributed by atoms with Crippen LogP contribution in [0.5, 0.6) is 5.75 Å². The highest BCUT2D eigenvalue weighted by atomic mass is 19.1. The van der Waals surface area contributed by atoms with E-state index < -0.39 is 0 Å². The number of halogens is 1. The molecule has 4 nitrogen and oxygen atoms in total. The van der Waals surface area contributed by atoms with Crippen molar-refractivity contribution in [2.24, 2.45) is 7.05 Å². The highest BCUT2D eigenvalue weighted by molar-refractivity contribution is 5.19. The molecule has 0 aliphatic carbocycles. The molecule has 18 heavy (non-hydrogen) atoms. The number of hydrogen-bond acceptors (Lipinski definition) is 3. The molecule has 1 atom stereocenters. The van der Waals surface area contributed by atoms with Crippen molar-refractivity contribution >= 4 is 0 Å². The summed E-state index contributed by atoms with van der Waals surface area (Å²) < 4.78 is 25.4. The lowest BCUT2D eigenvalue weighted by Crippen LogP contribution is -2.12. The van der Waals surface area contributed by atoms with Crippen LogP contribution in [0.25, 0.3) is 0 Å². The largest absolute Gasteiger partial charge is 0.487 e. The van der Waals surface area contributed by atoms with Gasteiger partial charge in [-0.1, -0.05) is 12.1 Å². The molecule has 0 fully saturated rings. The first-order valence-electron chi connectivity index (χ1n) is 5.58. The summed E-state index contributed by atoms with van der Waals surface area (Å²) in [5, 5.41) is 4.01. The Morgan fingerprint density at radius 3 is 2.61 bits per heavy atom. The topological polar surface area (TPSA) is 36.3 Å². The van der Waals surface area contributed by atoms with E-state index in [1.807, 2.05) is 7.05 Å². The van der Waals surface area contributed by atoms with Gasteiger partial charge < -0.3 is 9.47 Å². The predicted molar refractivity (Wildman–Crippen MR) is 64.9 cm³/mol. The van der Waals surface area contributed by atoms with Crippen LogP contribution < -0.4 is 4.74 Å². The Morgan fingerprint density at radius 2 is 2.06 bits per heavy atom. The Kier molecular flexibility index (Phi) is 3.94. The van der Waals surface area contributed by atoms with Gasteiger partial charge in [-0.05, 0) is 17.7 Å². The van der Waals surface area contributed by atoms with Gasteiger partial charge in [0.2, 0.25) is 0 Å². The van der Waals surface area contributed by atoms with Gasteiger partial charge in [0.25, 0.3) is 0 Å². The third kappa shape index (κ3) is 3.07. The van der Waals surface area contributed by atoms with Crippen molar-refractivity contribution < 1.29 is 13.9 Å². The number of benzene rings is 1. The number of aryl methyl sites for hydroxylation is 1. The minimum atomic E-state index is -0.262. The van der Waals surface area contributed by atoms with Crippen molar-refractivity contribution in [3.8, 4) is 5.75 Å². The number of ether oxygens (including phenoxy) is 2. The van der Waals surface area contributed by atoms with Gasteiger partial charge in [0.1, 0.15) is 18.5 Å². The molecule has 0 aliphatic heterocycles. The van der Waals surface area contributed by atoms with E-state index in [9.17, 15) is 4.39 Å². The molecule has 1 aromatic heterocycles. The van der Waals surface area contributed by atoms with Gasteiger partial charge in [-0.15, -0.1) is 0 Å². The number of aromatic nitrogens is 2. The molecule has 0 radical (unpaired) electrons. The van der Waals surface area contributed by atoms with E-state index in [0.29, 0.717) is 12.4 Å². The maximum atomic E-state index is 12.8. The zero-order valence-electron chi connectivity index (χ0n) is 10.3. The second-order valence-electron chi connectivity index (χ2n) is 3.94. The fourth-order valence-corrected chi connectivity index (χ4v) is 1.62. The summed E-state index contributed by atoms with van der Waals surface area (Å²) in [6.07, 6.45) is 3.18. The first-order chi connectivity index (χ1) is 8.69. The summed E-state index contributed by atoms with van der Waals surface area (Å²) in [5.41, 5.74) is 0.878. The lowest BCUT2D eigenvalue weighted by Gasteiger charge is -2.15. The molecule has 0 saturated heterocycles. The minimum Gasteiger partial charge on any atom is -0.487 e. The van der Waals surface area contributed by atoms with Gasteiger partial charge in [0, 0.05) is 14.2 Å². The second kappa shape index (κ2) is 5.64. The van der Waals surface area contributed by atoms with E-state index in [0.717, 1.165) is 5.56 Å². The zero-order valence-corrected chi connectivity index (χ0v) is 10.3. The second-order valence-corrected chi connectivity index (χ2v) is 3.94. The van der Waals surface area contributed by atoms with Crippen molar-refractivity contribution in [1.82, 2.24) is 9.78 Å². The molecular weight excluding hydrogens is 235 g/mol. The van der Waals surface area contributed by atoms with Crippen molar-refractivity contribution in [3.63, 3.8) is 0 Å². The molecule has 0 saturated carbocycles. The van der Waals surface area contributed by atoms with Crippen molar-refractivity contribution in [2.75, 3.05) is 13.7 Å². The Morgan fingerprint density at radius 1 is 1.33 bits per heavy atom. The number of nitrogens with zero attached hydrogens (tertiary/aromatic N) is 2. The van der Waals surface area contributed by atoms with Crippen molar-refractivity contribution in [2.45, 2.75) is 6.10 Å². The highest BCUT2D eigenvalue weighted by Crippen LogP contribution is 2.19. The van der Waals surface area contributed by atoms with Gasteiger partial charge >= 0.3 is 0 Å². The Labute approximate surface area is 105 Å². The monoisotopic (exact) mass is 250 g/mol. The van der Waals surface area contributed by atoms with Crippen LogP contribution in [0.3, 0.4) is 0 Å². The fraction of sp³-hybridized carbons (Fsp3) is 0.308.